The van der Waals surface area contributed by atoms with Crippen LogP contribution in [-0.4, -0.2) is 24.9 Å². The van der Waals surface area contributed by atoms with Crippen molar-refractivity contribution in [3.63, 3.8) is 0 Å². The number of hydrogen-bond acceptors (Lipinski definition) is 2. The molecule has 0 heterocycles. The Balaban J connectivity index is 1.56. The minimum absolute atomic E-state index is 0.0450. The van der Waals surface area contributed by atoms with Crippen LogP contribution in [0.2, 0.25) is 0 Å². The van der Waals surface area contributed by atoms with Crippen molar-refractivity contribution in [1.29, 1.82) is 0 Å². The van der Waals surface area contributed by atoms with Crippen molar-refractivity contribution in [1.82, 2.24) is 10.6 Å². The summed E-state index contributed by atoms with van der Waals surface area (Å²) < 4.78 is 0. The maximum atomic E-state index is 12.0. The van der Waals surface area contributed by atoms with Crippen LogP contribution in [0.4, 0.5) is 0 Å². The van der Waals surface area contributed by atoms with Crippen LogP contribution in [0.15, 0.2) is 48.5 Å². The van der Waals surface area contributed by atoms with E-state index in [0.29, 0.717) is 24.3 Å². The van der Waals surface area contributed by atoms with Crippen molar-refractivity contribution in [2.75, 3.05) is 13.1 Å². The molecule has 2 N–H and O–H groups in total. The SMILES string of the molecule is CC(=O)NCC(=O)NCC1CC2c3ccccc3C1c1ccccc12. The third kappa shape index (κ3) is 2.82. The first-order valence-corrected chi connectivity index (χ1v) is 8.84. The smallest absolute Gasteiger partial charge is 0.239 e. The fraction of sp³-hybridized carbons (Fsp3) is 0.333. The summed E-state index contributed by atoms with van der Waals surface area (Å²) in [7, 11) is 0. The highest BCUT2D eigenvalue weighted by Crippen LogP contribution is 2.54. The Bertz CT molecular complexity index is 783. The lowest BCUT2D eigenvalue weighted by Gasteiger charge is -2.45. The fourth-order valence-electron chi connectivity index (χ4n) is 4.47. The monoisotopic (exact) mass is 334 g/mol. The first kappa shape index (κ1) is 15.9. The predicted octanol–water partition coefficient (Wildman–Crippen LogP) is 2.54. The highest BCUT2D eigenvalue weighted by molar-refractivity contribution is 5.83. The molecule has 1 atom stereocenters. The first-order valence-electron chi connectivity index (χ1n) is 8.84. The van der Waals surface area contributed by atoms with Gasteiger partial charge in [-0.3, -0.25) is 9.59 Å². The number of carbonyl (C=O) groups is 2. The van der Waals surface area contributed by atoms with E-state index >= 15 is 0 Å². The zero-order valence-corrected chi connectivity index (χ0v) is 14.3. The molecule has 2 aromatic carbocycles. The van der Waals surface area contributed by atoms with Crippen molar-refractivity contribution in [2.24, 2.45) is 5.92 Å². The summed E-state index contributed by atoms with van der Waals surface area (Å²) in [5, 5.41) is 5.55. The molecule has 2 bridgehead atoms. The van der Waals surface area contributed by atoms with Gasteiger partial charge >= 0.3 is 0 Å². The van der Waals surface area contributed by atoms with E-state index in [1.54, 1.807) is 0 Å². The van der Waals surface area contributed by atoms with E-state index in [4.69, 9.17) is 0 Å². The molecule has 1 unspecified atom stereocenters. The van der Waals surface area contributed by atoms with E-state index in [1.165, 1.54) is 29.2 Å². The Morgan fingerprint density at radius 1 is 0.920 bits per heavy atom. The molecule has 2 aromatic rings. The van der Waals surface area contributed by atoms with Gasteiger partial charge in [-0.1, -0.05) is 48.5 Å². The third-order valence-electron chi connectivity index (χ3n) is 5.48. The zero-order valence-electron chi connectivity index (χ0n) is 14.3. The maximum Gasteiger partial charge on any atom is 0.239 e. The first-order chi connectivity index (χ1) is 12.1. The fourth-order valence-corrected chi connectivity index (χ4v) is 4.47. The summed E-state index contributed by atoms with van der Waals surface area (Å²) in [6, 6.07) is 17.4. The van der Waals surface area contributed by atoms with Gasteiger partial charge in [-0.05, 0) is 34.6 Å². The summed E-state index contributed by atoms with van der Waals surface area (Å²) in [5.74, 6) is 0.817. The Kier molecular flexibility index (Phi) is 4.04. The summed E-state index contributed by atoms with van der Waals surface area (Å²) in [4.78, 5) is 22.9. The molecule has 25 heavy (non-hydrogen) atoms. The molecule has 0 saturated carbocycles. The van der Waals surface area contributed by atoms with Crippen molar-refractivity contribution in [2.45, 2.75) is 25.2 Å². The van der Waals surface area contributed by atoms with Crippen LogP contribution in [0.5, 0.6) is 0 Å². The van der Waals surface area contributed by atoms with Crippen LogP contribution in [0.1, 0.15) is 47.4 Å². The predicted molar refractivity (Wildman–Crippen MR) is 96.4 cm³/mol. The highest BCUT2D eigenvalue weighted by Gasteiger charge is 2.42. The maximum absolute atomic E-state index is 12.0. The number of nitrogens with one attached hydrogen (secondary N) is 2. The molecule has 128 valence electrons. The molecular weight excluding hydrogens is 312 g/mol. The second kappa shape index (κ2) is 6.36. The standard InChI is InChI=1S/C21H22N2O2/c1-13(24)22-12-20(25)23-11-14-10-19-15-6-2-4-8-17(15)21(14)18-9-5-3-7-16(18)19/h2-9,14,19,21H,10-12H2,1H3,(H,22,24)(H,23,25). The number of hydrogen-bond donors (Lipinski definition) is 2. The van der Waals surface area contributed by atoms with Crippen LogP contribution >= 0.6 is 0 Å². The van der Waals surface area contributed by atoms with Crippen LogP contribution in [0.25, 0.3) is 0 Å². The van der Waals surface area contributed by atoms with Crippen molar-refractivity contribution in [3.05, 3.63) is 70.8 Å². The molecule has 0 radical (unpaired) electrons. The largest absolute Gasteiger partial charge is 0.354 e. The van der Waals surface area contributed by atoms with Gasteiger partial charge in [-0.15, -0.1) is 0 Å². The number of fused-ring (bicyclic) bond motifs is 1. The number of carbonyl (C=O) groups excluding carboxylic acids is 2. The van der Waals surface area contributed by atoms with E-state index in [2.05, 4.69) is 59.2 Å². The number of rotatable bonds is 4. The lowest BCUT2D eigenvalue weighted by atomic mass is 9.59. The highest BCUT2D eigenvalue weighted by atomic mass is 16.2. The van der Waals surface area contributed by atoms with Crippen LogP contribution in [0.3, 0.4) is 0 Å². The van der Waals surface area contributed by atoms with E-state index in [-0.39, 0.29) is 18.4 Å². The lowest BCUT2D eigenvalue weighted by molar-refractivity contribution is -0.125. The van der Waals surface area contributed by atoms with Gasteiger partial charge in [0.15, 0.2) is 0 Å². The summed E-state index contributed by atoms with van der Waals surface area (Å²) in [6.45, 7) is 2.10. The zero-order chi connectivity index (χ0) is 17.4. The van der Waals surface area contributed by atoms with Crippen molar-refractivity contribution >= 4 is 11.8 Å². The molecule has 0 aliphatic heterocycles. The lowest BCUT2D eigenvalue weighted by Crippen LogP contribution is -2.42. The molecule has 5 rings (SSSR count). The van der Waals surface area contributed by atoms with Gasteiger partial charge < -0.3 is 10.6 Å². The Hall–Kier alpha value is -2.62. The summed E-state index contributed by atoms with van der Waals surface area (Å²) >= 11 is 0. The van der Waals surface area contributed by atoms with Crippen molar-refractivity contribution < 1.29 is 9.59 Å². The molecule has 4 heteroatoms. The topological polar surface area (TPSA) is 58.2 Å². The van der Waals surface area contributed by atoms with Gasteiger partial charge in [0.2, 0.25) is 11.8 Å². The Labute approximate surface area is 147 Å². The third-order valence-corrected chi connectivity index (χ3v) is 5.48. The average molecular weight is 334 g/mol. The molecule has 2 amide bonds. The Morgan fingerprint density at radius 3 is 2.04 bits per heavy atom. The van der Waals surface area contributed by atoms with Gasteiger partial charge in [0.1, 0.15) is 0 Å². The van der Waals surface area contributed by atoms with Gasteiger partial charge in [-0.25, -0.2) is 0 Å². The number of amides is 2. The Morgan fingerprint density at radius 2 is 1.48 bits per heavy atom. The molecule has 0 saturated heterocycles. The van der Waals surface area contributed by atoms with Crippen LogP contribution < -0.4 is 10.6 Å². The number of benzene rings is 2. The van der Waals surface area contributed by atoms with Gasteiger partial charge in [0.05, 0.1) is 6.54 Å². The normalized spacial score (nSPS) is 22.7. The molecular formula is C21H22N2O2. The molecule has 0 fully saturated rings. The van der Waals surface area contributed by atoms with Crippen molar-refractivity contribution in [3.8, 4) is 0 Å². The average Bonchev–Trinajstić information content (AvgIpc) is 2.65. The molecule has 0 spiro atoms. The summed E-state index contributed by atoms with van der Waals surface area (Å²) in [5.41, 5.74) is 5.68. The van der Waals surface area contributed by atoms with Crippen LogP contribution in [0, 0.1) is 5.92 Å². The van der Waals surface area contributed by atoms with Gasteiger partial charge in [0.25, 0.3) is 0 Å². The second-order valence-electron chi connectivity index (χ2n) is 7.00. The quantitative estimate of drug-likeness (QED) is 0.903. The van der Waals surface area contributed by atoms with E-state index in [0.717, 1.165) is 6.42 Å². The van der Waals surface area contributed by atoms with E-state index in [9.17, 15) is 9.59 Å². The minimum atomic E-state index is -0.185. The van der Waals surface area contributed by atoms with E-state index < -0.39 is 0 Å². The molecule has 3 aliphatic rings. The minimum Gasteiger partial charge on any atom is -0.354 e. The molecule has 4 nitrogen and oxygen atoms in total. The second-order valence-corrected chi connectivity index (χ2v) is 7.00. The molecule has 3 aliphatic carbocycles. The molecule has 0 aromatic heterocycles. The van der Waals surface area contributed by atoms with Crippen LogP contribution in [-0.2, 0) is 9.59 Å². The van der Waals surface area contributed by atoms with E-state index in [1.807, 2.05) is 0 Å². The van der Waals surface area contributed by atoms with Gasteiger partial charge in [0, 0.05) is 25.3 Å². The van der Waals surface area contributed by atoms with Gasteiger partial charge in [-0.2, -0.15) is 0 Å². The summed E-state index contributed by atoms with van der Waals surface area (Å²) in [6.07, 6.45) is 1.05.